The van der Waals surface area contributed by atoms with Crippen molar-refractivity contribution in [2.24, 2.45) is 0 Å². The number of nitrogens with zero attached hydrogens (tertiary/aromatic N) is 3. The summed E-state index contributed by atoms with van der Waals surface area (Å²) in [5.74, 6) is 0. The van der Waals surface area contributed by atoms with E-state index in [0.29, 0.717) is 0 Å². The minimum Gasteiger partial charge on any atom is -0.379 e. The largest absolute Gasteiger partial charge is 0.379 e. The van der Waals surface area contributed by atoms with Crippen molar-refractivity contribution < 1.29 is 9.53 Å². The highest BCUT2D eigenvalue weighted by atomic mass is 16.5. The molecule has 1 aliphatic heterocycles. The third-order valence-corrected chi connectivity index (χ3v) is 4.99. The number of ether oxygens (including phenoxy) is 1. The van der Waals surface area contributed by atoms with Gasteiger partial charge in [0.2, 0.25) is 0 Å². The Bertz CT molecular complexity index is 542. The second kappa shape index (κ2) is 8.63. The lowest BCUT2D eigenvalue weighted by atomic mass is 10.00. The number of methoxy groups -OCH3 is 1. The number of carbonyl (C=O) groups is 1. The highest BCUT2D eigenvalue weighted by Crippen LogP contribution is 2.20. The number of amides is 2. The number of piperazine rings is 1. The van der Waals surface area contributed by atoms with Crippen molar-refractivity contribution in [1.82, 2.24) is 20.1 Å². The van der Waals surface area contributed by atoms with Crippen molar-refractivity contribution in [3.05, 3.63) is 30.1 Å². The molecular formula is C19H32N4O2. The van der Waals surface area contributed by atoms with Gasteiger partial charge in [-0.05, 0) is 46.2 Å². The Kier molecular flexibility index (Phi) is 6.79. The summed E-state index contributed by atoms with van der Waals surface area (Å²) in [6.07, 6.45) is 2.62. The zero-order chi connectivity index (χ0) is 18.4. The minimum atomic E-state index is -0.233. The molecule has 1 aliphatic rings. The summed E-state index contributed by atoms with van der Waals surface area (Å²) in [6.45, 7) is 11.5. The first-order valence-electron chi connectivity index (χ1n) is 9.08. The standard InChI is InChI=1S/C19H32N4O2/c1-15(14-19(3,4)25-5)21-18(24)23-12-10-22(11-13-23)16(2)17-8-6-7-9-20-17/h6-9,15-16H,10-14H2,1-5H3,(H,21,24)/t15-,16+/m0/s1. The molecule has 6 heteroatoms. The molecule has 0 unspecified atom stereocenters. The molecule has 25 heavy (non-hydrogen) atoms. The monoisotopic (exact) mass is 348 g/mol. The summed E-state index contributed by atoms with van der Waals surface area (Å²) in [4.78, 5) is 21.2. The van der Waals surface area contributed by atoms with E-state index in [2.05, 4.69) is 28.2 Å². The van der Waals surface area contributed by atoms with E-state index in [1.54, 1.807) is 7.11 Å². The van der Waals surface area contributed by atoms with E-state index in [4.69, 9.17) is 4.74 Å². The van der Waals surface area contributed by atoms with E-state index in [1.807, 2.05) is 44.0 Å². The third kappa shape index (κ3) is 5.68. The molecule has 0 aromatic carbocycles. The maximum atomic E-state index is 12.5. The molecule has 1 N–H and O–H groups in total. The van der Waals surface area contributed by atoms with Crippen LogP contribution in [0.5, 0.6) is 0 Å². The zero-order valence-electron chi connectivity index (χ0n) is 16.2. The zero-order valence-corrected chi connectivity index (χ0v) is 16.2. The summed E-state index contributed by atoms with van der Waals surface area (Å²) >= 11 is 0. The number of nitrogens with one attached hydrogen (secondary N) is 1. The van der Waals surface area contributed by atoms with E-state index in [9.17, 15) is 4.79 Å². The normalized spacial score (nSPS) is 18.7. The molecule has 2 rings (SSSR count). The number of pyridine rings is 1. The predicted octanol–water partition coefficient (Wildman–Crippen LogP) is 2.67. The van der Waals surface area contributed by atoms with Crippen LogP contribution in [0.4, 0.5) is 4.79 Å². The van der Waals surface area contributed by atoms with Crippen LogP contribution < -0.4 is 5.32 Å². The van der Waals surface area contributed by atoms with Gasteiger partial charge in [0.05, 0.1) is 11.3 Å². The van der Waals surface area contributed by atoms with Crippen LogP contribution in [0.2, 0.25) is 0 Å². The van der Waals surface area contributed by atoms with E-state index in [1.165, 1.54) is 0 Å². The van der Waals surface area contributed by atoms with Crippen LogP contribution in [0, 0.1) is 0 Å². The van der Waals surface area contributed by atoms with Gasteiger partial charge in [0.1, 0.15) is 0 Å². The van der Waals surface area contributed by atoms with Crippen LogP contribution in [0.1, 0.15) is 45.9 Å². The average molecular weight is 348 g/mol. The van der Waals surface area contributed by atoms with Crippen molar-refractivity contribution in [2.45, 2.75) is 51.8 Å². The quantitative estimate of drug-likeness (QED) is 0.859. The topological polar surface area (TPSA) is 57.7 Å². The van der Waals surface area contributed by atoms with Crippen molar-refractivity contribution in [2.75, 3.05) is 33.3 Å². The molecular weight excluding hydrogens is 316 g/mol. The van der Waals surface area contributed by atoms with Crippen LogP contribution >= 0.6 is 0 Å². The first kappa shape index (κ1) is 19.7. The molecule has 1 aromatic heterocycles. The van der Waals surface area contributed by atoms with Gasteiger partial charge >= 0.3 is 6.03 Å². The first-order chi connectivity index (χ1) is 11.8. The van der Waals surface area contributed by atoms with Crippen LogP contribution in [-0.2, 0) is 4.74 Å². The lowest BCUT2D eigenvalue weighted by Crippen LogP contribution is -2.54. The summed E-state index contributed by atoms with van der Waals surface area (Å²) < 4.78 is 5.44. The van der Waals surface area contributed by atoms with E-state index >= 15 is 0 Å². The van der Waals surface area contributed by atoms with E-state index < -0.39 is 0 Å². The lowest BCUT2D eigenvalue weighted by molar-refractivity contribution is 0.00890. The summed E-state index contributed by atoms with van der Waals surface area (Å²) in [5, 5.41) is 3.09. The molecule has 0 bridgehead atoms. The number of hydrogen-bond acceptors (Lipinski definition) is 4. The van der Waals surface area contributed by atoms with Gasteiger partial charge in [-0.25, -0.2) is 4.79 Å². The molecule has 2 amide bonds. The second-order valence-corrected chi connectivity index (χ2v) is 7.47. The molecule has 0 spiro atoms. The van der Waals surface area contributed by atoms with Crippen molar-refractivity contribution in [3.8, 4) is 0 Å². The third-order valence-electron chi connectivity index (χ3n) is 4.99. The van der Waals surface area contributed by atoms with E-state index in [0.717, 1.165) is 38.3 Å². The second-order valence-electron chi connectivity index (χ2n) is 7.47. The predicted molar refractivity (Wildman–Crippen MR) is 99.5 cm³/mol. The molecule has 140 valence electrons. The van der Waals surface area contributed by atoms with Crippen molar-refractivity contribution in [3.63, 3.8) is 0 Å². The molecule has 1 saturated heterocycles. The van der Waals surface area contributed by atoms with Gasteiger partial charge in [0, 0.05) is 51.6 Å². The lowest BCUT2D eigenvalue weighted by Gasteiger charge is -2.38. The summed E-state index contributed by atoms with van der Waals surface area (Å²) in [6, 6.07) is 6.38. The molecule has 2 atom stereocenters. The Labute approximate surface area is 151 Å². The van der Waals surface area contributed by atoms with Crippen LogP contribution in [0.3, 0.4) is 0 Å². The van der Waals surface area contributed by atoms with Crippen molar-refractivity contribution in [1.29, 1.82) is 0 Å². The number of carbonyl (C=O) groups excluding carboxylic acids is 1. The Morgan fingerprint density at radius 2 is 1.96 bits per heavy atom. The minimum absolute atomic E-state index is 0.0181. The summed E-state index contributed by atoms with van der Waals surface area (Å²) in [7, 11) is 1.70. The van der Waals surface area contributed by atoms with Crippen LogP contribution in [0.25, 0.3) is 0 Å². The van der Waals surface area contributed by atoms with Crippen LogP contribution in [-0.4, -0.2) is 65.7 Å². The Morgan fingerprint density at radius 1 is 1.28 bits per heavy atom. The molecule has 1 aromatic rings. The van der Waals surface area contributed by atoms with Gasteiger partial charge < -0.3 is 15.0 Å². The number of urea groups is 1. The SMILES string of the molecule is COC(C)(C)C[C@H](C)NC(=O)N1CCN([C@H](C)c2ccccn2)CC1. The summed E-state index contributed by atoms with van der Waals surface area (Å²) in [5.41, 5.74) is 0.847. The van der Waals surface area contributed by atoms with Gasteiger partial charge in [-0.2, -0.15) is 0 Å². The highest BCUT2D eigenvalue weighted by Gasteiger charge is 2.27. The highest BCUT2D eigenvalue weighted by molar-refractivity contribution is 5.74. The average Bonchev–Trinajstić information content (AvgIpc) is 2.61. The smallest absolute Gasteiger partial charge is 0.317 e. The van der Waals surface area contributed by atoms with Gasteiger partial charge in [0.25, 0.3) is 0 Å². The molecule has 0 saturated carbocycles. The number of aromatic nitrogens is 1. The number of hydrogen-bond donors (Lipinski definition) is 1. The molecule has 1 fully saturated rings. The molecule has 2 heterocycles. The molecule has 0 radical (unpaired) electrons. The van der Waals surface area contributed by atoms with Crippen LogP contribution in [0.15, 0.2) is 24.4 Å². The van der Waals surface area contributed by atoms with Gasteiger partial charge in [-0.1, -0.05) is 6.07 Å². The Balaban J connectivity index is 1.80. The van der Waals surface area contributed by atoms with Crippen molar-refractivity contribution >= 4 is 6.03 Å². The number of rotatable bonds is 6. The maximum absolute atomic E-state index is 12.5. The maximum Gasteiger partial charge on any atom is 0.317 e. The molecule has 0 aliphatic carbocycles. The first-order valence-corrected chi connectivity index (χ1v) is 9.08. The Morgan fingerprint density at radius 3 is 2.52 bits per heavy atom. The fourth-order valence-corrected chi connectivity index (χ4v) is 3.30. The van der Waals surface area contributed by atoms with Gasteiger partial charge in [-0.3, -0.25) is 9.88 Å². The Hall–Kier alpha value is -1.66. The van der Waals surface area contributed by atoms with E-state index in [-0.39, 0.29) is 23.7 Å². The van der Waals surface area contributed by atoms with Gasteiger partial charge in [-0.15, -0.1) is 0 Å². The molecule has 6 nitrogen and oxygen atoms in total. The van der Waals surface area contributed by atoms with Gasteiger partial charge in [0.15, 0.2) is 0 Å². The fourth-order valence-electron chi connectivity index (χ4n) is 3.30. The fraction of sp³-hybridized carbons (Fsp3) is 0.684.